The van der Waals surface area contributed by atoms with Crippen molar-refractivity contribution in [3.8, 4) is 21.8 Å². The molecular weight excluding hydrogens is 532 g/mol. The maximum absolute atomic E-state index is 14.1. The molecule has 0 spiro atoms. The Bertz CT molecular complexity index is 1530. The van der Waals surface area contributed by atoms with E-state index in [2.05, 4.69) is 19.6 Å². The standard InChI is InChI=1S/C23H18ClF2N5O3S2/c24-22-27-7-6-18(28-22)21-20(29-23(35-21)31-8-10-34-11-9-31)14-2-1-3-16(12-14)30-36(32,33)19-13-15(25)4-5-17(19)26/h1-7,12-13,30H,8-11H2. The van der Waals surface area contributed by atoms with E-state index < -0.39 is 26.6 Å². The molecule has 2 aromatic carbocycles. The van der Waals surface area contributed by atoms with Gasteiger partial charge in [0.1, 0.15) is 16.5 Å². The minimum Gasteiger partial charge on any atom is -0.378 e. The van der Waals surface area contributed by atoms with Crippen LogP contribution in [0, 0.1) is 11.6 Å². The van der Waals surface area contributed by atoms with Crippen molar-refractivity contribution in [1.29, 1.82) is 0 Å². The summed E-state index contributed by atoms with van der Waals surface area (Å²) in [6.07, 6.45) is 1.54. The van der Waals surface area contributed by atoms with Gasteiger partial charge in [-0.3, -0.25) is 4.72 Å². The van der Waals surface area contributed by atoms with Crippen molar-refractivity contribution in [2.75, 3.05) is 35.9 Å². The van der Waals surface area contributed by atoms with Crippen LogP contribution < -0.4 is 9.62 Å². The number of nitrogens with zero attached hydrogens (tertiary/aromatic N) is 4. The van der Waals surface area contributed by atoms with Gasteiger partial charge in [0.25, 0.3) is 10.0 Å². The molecule has 1 aliphatic rings. The first-order valence-corrected chi connectivity index (χ1v) is 13.4. The zero-order valence-corrected chi connectivity index (χ0v) is 20.9. The lowest BCUT2D eigenvalue weighted by Crippen LogP contribution is -2.36. The van der Waals surface area contributed by atoms with E-state index in [0.717, 1.165) is 22.1 Å². The van der Waals surface area contributed by atoms with E-state index in [1.807, 2.05) is 0 Å². The Kier molecular flexibility index (Phi) is 6.84. The van der Waals surface area contributed by atoms with Crippen LogP contribution in [0.25, 0.3) is 21.8 Å². The summed E-state index contributed by atoms with van der Waals surface area (Å²) in [4.78, 5) is 15.1. The molecule has 186 valence electrons. The lowest BCUT2D eigenvalue weighted by molar-refractivity contribution is 0.122. The van der Waals surface area contributed by atoms with Crippen molar-refractivity contribution in [2.24, 2.45) is 0 Å². The predicted molar refractivity (Wildman–Crippen MR) is 134 cm³/mol. The highest BCUT2D eigenvalue weighted by atomic mass is 35.5. The van der Waals surface area contributed by atoms with Gasteiger partial charge in [-0.25, -0.2) is 32.2 Å². The van der Waals surface area contributed by atoms with E-state index in [9.17, 15) is 17.2 Å². The molecule has 1 fully saturated rings. The molecule has 0 atom stereocenters. The summed E-state index contributed by atoms with van der Waals surface area (Å²) < 4.78 is 61.0. The maximum Gasteiger partial charge on any atom is 0.264 e. The van der Waals surface area contributed by atoms with E-state index in [-0.39, 0.29) is 11.0 Å². The number of halogens is 3. The number of ether oxygens (including phenoxy) is 1. The van der Waals surface area contributed by atoms with Crippen LogP contribution in [0.15, 0.2) is 59.6 Å². The average Bonchev–Trinajstić information content (AvgIpc) is 3.32. The van der Waals surface area contributed by atoms with Gasteiger partial charge in [-0.1, -0.05) is 23.5 Å². The van der Waals surface area contributed by atoms with E-state index in [1.54, 1.807) is 30.5 Å². The van der Waals surface area contributed by atoms with E-state index in [4.69, 9.17) is 21.3 Å². The number of rotatable bonds is 6. The molecule has 8 nitrogen and oxygen atoms in total. The summed E-state index contributed by atoms with van der Waals surface area (Å²) in [5.74, 6) is -1.92. The Morgan fingerprint density at radius 1 is 1.06 bits per heavy atom. The largest absolute Gasteiger partial charge is 0.378 e. The average molecular weight is 550 g/mol. The van der Waals surface area contributed by atoms with Gasteiger partial charge in [0, 0.05) is 30.5 Å². The van der Waals surface area contributed by atoms with Crippen molar-refractivity contribution in [1.82, 2.24) is 15.0 Å². The molecule has 0 saturated carbocycles. The molecule has 13 heteroatoms. The molecular formula is C23H18ClF2N5O3S2. The molecule has 0 unspecified atom stereocenters. The number of morpholine rings is 1. The molecule has 0 amide bonds. The van der Waals surface area contributed by atoms with Crippen molar-refractivity contribution in [3.63, 3.8) is 0 Å². The van der Waals surface area contributed by atoms with Crippen molar-refractivity contribution in [3.05, 3.63) is 71.6 Å². The molecule has 4 aromatic rings. The summed E-state index contributed by atoms with van der Waals surface area (Å²) in [6, 6.07) is 10.4. The summed E-state index contributed by atoms with van der Waals surface area (Å²) in [5, 5.41) is 0.837. The Balaban J connectivity index is 1.54. The second kappa shape index (κ2) is 10.1. The molecule has 0 aliphatic carbocycles. The highest BCUT2D eigenvalue weighted by molar-refractivity contribution is 7.92. The third-order valence-electron chi connectivity index (χ3n) is 5.33. The van der Waals surface area contributed by atoms with E-state index in [0.29, 0.717) is 49.3 Å². The minimum absolute atomic E-state index is 0.0819. The van der Waals surface area contributed by atoms with E-state index >= 15 is 0 Å². The van der Waals surface area contributed by atoms with Crippen LogP contribution in [-0.4, -0.2) is 49.7 Å². The highest BCUT2D eigenvalue weighted by Gasteiger charge is 2.23. The zero-order valence-electron chi connectivity index (χ0n) is 18.5. The van der Waals surface area contributed by atoms with Gasteiger partial charge in [-0.15, -0.1) is 0 Å². The molecule has 0 bridgehead atoms. The summed E-state index contributed by atoms with van der Waals surface area (Å²) >= 11 is 7.45. The van der Waals surface area contributed by atoms with Crippen LogP contribution in [0.5, 0.6) is 0 Å². The van der Waals surface area contributed by atoms with Gasteiger partial charge >= 0.3 is 0 Å². The van der Waals surface area contributed by atoms with Crippen LogP contribution in [0.1, 0.15) is 0 Å². The molecule has 1 N–H and O–H groups in total. The fraction of sp³-hybridized carbons (Fsp3) is 0.174. The lowest BCUT2D eigenvalue weighted by atomic mass is 10.1. The van der Waals surface area contributed by atoms with Crippen LogP contribution in [-0.2, 0) is 14.8 Å². The first kappa shape index (κ1) is 24.5. The Morgan fingerprint density at radius 2 is 1.86 bits per heavy atom. The normalized spacial score (nSPS) is 14.1. The smallest absolute Gasteiger partial charge is 0.264 e. The van der Waals surface area contributed by atoms with Gasteiger partial charge in [-0.2, -0.15) is 0 Å². The molecule has 36 heavy (non-hydrogen) atoms. The Labute approximate surface area is 214 Å². The SMILES string of the molecule is O=S(=O)(Nc1cccc(-c2nc(N3CCOCC3)sc2-c2ccnc(Cl)n2)c1)c1cc(F)ccc1F. The molecule has 5 rings (SSSR count). The molecule has 0 radical (unpaired) electrons. The summed E-state index contributed by atoms with van der Waals surface area (Å²) in [7, 11) is -4.39. The minimum atomic E-state index is -4.39. The topological polar surface area (TPSA) is 97.3 Å². The summed E-state index contributed by atoms with van der Waals surface area (Å²) in [6.45, 7) is 2.51. The van der Waals surface area contributed by atoms with Crippen molar-refractivity contribution < 1.29 is 21.9 Å². The maximum atomic E-state index is 14.1. The molecule has 1 aliphatic heterocycles. The fourth-order valence-corrected chi connectivity index (χ4v) is 6.05. The number of thiazole rings is 1. The summed E-state index contributed by atoms with van der Waals surface area (Å²) in [5.41, 5.74) is 1.88. The molecule has 1 saturated heterocycles. The lowest BCUT2D eigenvalue weighted by Gasteiger charge is -2.26. The van der Waals surface area contributed by atoms with Crippen LogP contribution in [0.2, 0.25) is 5.28 Å². The number of hydrogen-bond acceptors (Lipinski definition) is 8. The van der Waals surface area contributed by atoms with Gasteiger partial charge < -0.3 is 9.64 Å². The molecule has 3 heterocycles. The zero-order chi connectivity index (χ0) is 25.3. The van der Waals surface area contributed by atoms with Crippen molar-refractivity contribution in [2.45, 2.75) is 4.90 Å². The van der Waals surface area contributed by atoms with Gasteiger partial charge in [0.15, 0.2) is 5.13 Å². The van der Waals surface area contributed by atoms with Gasteiger partial charge in [-0.05, 0) is 48.0 Å². The number of aromatic nitrogens is 3. The second-order valence-corrected chi connectivity index (χ2v) is 10.7. The van der Waals surface area contributed by atoms with E-state index in [1.165, 1.54) is 17.4 Å². The second-order valence-electron chi connectivity index (χ2n) is 7.75. The first-order valence-electron chi connectivity index (χ1n) is 10.7. The van der Waals surface area contributed by atoms with Crippen LogP contribution in [0.4, 0.5) is 19.6 Å². The highest BCUT2D eigenvalue weighted by Crippen LogP contribution is 2.40. The number of benzene rings is 2. The number of anilines is 2. The number of nitrogens with one attached hydrogen (secondary N) is 1. The number of sulfonamides is 1. The van der Waals surface area contributed by atoms with Crippen molar-refractivity contribution >= 4 is 43.8 Å². The Hall–Kier alpha value is -3.19. The monoisotopic (exact) mass is 549 g/mol. The van der Waals surface area contributed by atoms with Gasteiger partial charge in [0.05, 0.1) is 29.5 Å². The fourth-order valence-electron chi connectivity index (χ4n) is 3.65. The van der Waals surface area contributed by atoms with Crippen LogP contribution >= 0.6 is 22.9 Å². The first-order chi connectivity index (χ1) is 17.3. The third kappa shape index (κ3) is 5.16. The van der Waals surface area contributed by atoms with Gasteiger partial charge in [0.2, 0.25) is 5.28 Å². The quantitative estimate of drug-likeness (QED) is 0.344. The van der Waals surface area contributed by atoms with Crippen LogP contribution in [0.3, 0.4) is 0 Å². The third-order valence-corrected chi connectivity index (χ3v) is 8.04. The predicted octanol–water partition coefficient (Wildman–Crippen LogP) is 4.84. The number of hydrogen-bond donors (Lipinski definition) is 1. The Morgan fingerprint density at radius 3 is 2.64 bits per heavy atom. The molecule has 2 aromatic heterocycles.